The maximum absolute atomic E-state index is 3.64. The topological polar surface area (TPSA) is 12.0 Å². The average Bonchev–Trinajstić information content (AvgIpc) is 2.40. The summed E-state index contributed by atoms with van der Waals surface area (Å²) >= 11 is 0. The molecule has 1 heteroatoms. The van der Waals surface area contributed by atoms with Crippen molar-refractivity contribution in [3.63, 3.8) is 0 Å². The van der Waals surface area contributed by atoms with Crippen LogP contribution in [-0.4, -0.2) is 6.04 Å². The van der Waals surface area contributed by atoms with Crippen LogP contribution in [-0.2, 0) is 6.42 Å². The highest BCUT2D eigenvalue weighted by Gasteiger charge is 2.09. The Balaban J connectivity index is 1.90. The van der Waals surface area contributed by atoms with Crippen molar-refractivity contribution in [3.05, 3.63) is 71.8 Å². The molecule has 94 valence electrons. The Morgan fingerprint density at radius 2 is 1.39 bits per heavy atom. The lowest BCUT2D eigenvalue weighted by Gasteiger charge is -2.20. The zero-order valence-corrected chi connectivity index (χ0v) is 11.1. The maximum Gasteiger partial charge on any atom is 0.0294 e. The lowest BCUT2D eigenvalue weighted by Crippen LogP contribution is -2.30. The molecule has 0 heterocycles. The first-order chi connectivity index (χ1) is 8.75. The molecule has 0 aliphatic rings. The summed E-state index contributed by atoms with van der Waals surface area (Å²) in [5.41, 5.74) is 2.73. The molecular weight excluding hydrogens is 218 g/mol. The van der Waals surface area contributed by atoms with Crippen molar-refractivity contribution in [2.24, 2.45) is 0 Å². The molecule has 0 saturated heterocycles. The lowest BCUT2D eigenvalue weighted by atomic mass is 10.0. The second-order valence-corrected chi connectivity index (χ2v) is 4.89. The number of hydrogen-bond donors (Lipinski definition) is 1. The summed E-state index contributed by atoms with van der Waals surface area (Å²) in [6, 6.07) is 22.1. The van der Waals surface area contributed by atoms with Crippen molar-refractivity contribution in [2.75, 3.05) is 0 Å². The Labute approximate surface area is 110 Å². The van der Waals surface area contributed by atoms with Crippen molar-refractivity contribution < 1.29 is 0 Å². The predicted octanol–water partition coefficient (Wildman–Crippen LogP) is 3.97. The van der Waals surface area contributed by atoms with Gasteiger partial charge in [-0.05, 0) is 31.4 Å². The van der Waals surface area contributed by atoms with E-state index in [0.29, 0.717) is 12.1 Å². The zero-order chi connectivity index (χ0) is 12.8. The maximum atomic E-state index is 3.64. The summed E-state index contributed by atoms with van der Waals surface area (Å²) in [7, 11) is 0. The Hall–Kier alpha value is -1.60. The molecule has 0 aliphatic heterocycles. The molecular formula is C17H21N. The van der Waals surface area contributed by atoms with Crippen molar-refractivity contribution >= 4 is 0 Å². The summed E-state index contributed by atoms with van der Waals surface area (Å²) in [5, 5.41) is 3.64. The second-order valence-electron chi connectivity index (χ2n) is 4.89. The van der Waals surface area contributed by atoms with Crippen LogP contribution in [0.3, 0.4) is 0 Å². The van der Waals surface area contributed by atoms with E-state index in [4.69, 9.17) is 0 Å². The number of benzene rings is 2. The Morgan fingerprint density at radius 1 is 0.833 bits per heavy atom. The highest BCUT2D eigenvalue weighted by atomic mass is 14.9. The van der Waals surface area contributed by atoms with Gasteiger partial charge >= 0.3 is 0 Å². The minimum atomic E-state index is 0.393. The third-order valence-corrected chi connectivity index (χ3v) is 3.22. The normalized spacial score (nSPS) is 14.1. The third kappa shape index (κ3) is 3.71. The molecule has 1 N–H and O–H groups in total. The smallest absolute Gasteiger partial charge is 0.0294 e. The van der Waals surface area contributed by atoms with E-state index in [1.807, 2.05) is 0 Å². The van der Waals surface area contributed by atoms with E-state index in [2.05, 4.69) is 79.8 Å². The van der Waals surface area contributed by atoms with Gasteiger partial charge in [0.05, 0.1) is 0 Å². The first-order valence-electron chi connectivity index (χ1n) is 6.60. The molecule has 0 radical (unpaired) electrons. The fraction of sp³-hybridized carbons (Fsp3) is 0.294. The number of nitrogens with one attached hydrogen (secondary N) is 1. The van der Waals surface area contributed by atoms with E-state index >= 15 is 0 Å². The van der Waals surface area contributed by atoms with Crippen LogP contribution < -0.4 is 5.32 Å². The van der Waals surface area contributed by atoms with Gasteiger partial charge in [0.15, 0.2) is 0 Å². The SMILES string of the molecule is CC(Cc1ccccc1)N[C@H](C)c1ccccc1. The van der Waals surface area contributed by atoms with Crippen LogP contribution in [0.25, 0.3) is 0 Å². The lowest BCUT2D eigenvalue weighted by molar-refractivity contribution is 0.477. The van der Waals surface area contributed by atoms with Crippen LogP contribution in [0.5, 0.6) is 0 Å². The average molecular weight is 239 g/mol. The van der Waals surface area contributed by atoms with Gasteiger partial charge in [0.25, 0.3) is 0 Å². The van der Waals surface area contributed by atoms with Crippen LogP contribution in [0, 0.1) is 0 Å². The van der Waals surface area contributed by atoms with Gasteiger partial charge in [-0.15, -0.1) is 0 Å². The van der Waals surface area contributed by atoms with Gasteiger partial charge in [-0.1, -0.05) is 60.7 Å². The summed E-state index contributed by atoms with van der Waals surface area (Å²) in [6.45, 7) is 4.46. The molecule has 0 fully saturated rings. The fourth-order valence-corrected chi connectivity index (χ4v) is 2.29. The van der Waals surface area contributed by atoms with Crippen molar-refractivity contribution in [3.8, 4) is 0 Å². The molecule has 2 atom stereocenters. The quantitative estimate of drug-likeness (QED) is 0.832. The van der Waals surface area contributed by atoms with Crippen molar-refractivity contribution in [1.82, 2.24) is 5.32 Å². The van der Waals surface area contributed by atoms with E-state index < -0.39 is 0 Å². The molecule has 2 rings (SSSR count). The minimum Gasteiger partial charge on any atom is -0.307 e. The molecule has 2 aromatic carbocycles. The van der Waals surface area contributed by atoms with Gasteiger partial charge in [-0.2, -0.15) is 0 Å². The molecule has 1 unspecified atom stereocenters. The van der Waals surface area contributed by atoms with Gasteiger partial charge in [0.1, 0.15) is 0 Å². The molecule has 0 amide bonds. The second kappa shape index (κ2) is 6.36. The molecule has 18 heavy (non-hydrogen) atoms. The molecule has 0 saturated carbocycles. The summed E-state index contributed by atoms with van der Waals surface area (Å²) in [5.74, 6) is 0. The fourth-order valence-electron chi connectivity index (χ4n) is 2.29. The molecule has 0 aliphatic carbocycles. The van der Waals surface area contributed by atoms with E-state index in [1.165, 1.54) is 11.1 Å². The van der Waals surface area contributed by atoms with E-state index in [9.17, 15) is 0 Å². The number of hydrogen-bond acceptors (Lipinski definition) is 1. The molecule has 0 bridgehead atoms. The summed E-state index contributed by atoms with van der Waals surface area (Å²) < 4.78 is 0. The van der Waals surface area contributed by atoms with E-state index in [1.54, 1.807) is 0 Å². The Bertz CT molecular complexity index is 450. The molecule has 0 aromatic heterocycles. The summed E-state index contributed by atoms with van der Waals surface area (Å²) in [6.07, 6.45) is 1.07. The number of rotatable bonds is 5. The standard InChI is InChI=1S/C17H21N/c1-14(13-16-9-5-3-6-10-16)18-15(2)17-11-7-4-8-12-17/h3-12,14-15,18H,13H2,1-2H3/t14?,15-/m1/s1. The van der Waals surface area contributed by atoms with E-state index in [0.717, 1.165) is 6.42 Å². The Kier molecular flexibility index (Phi) is 4.54. The van der Waals surface area contributed by atoms with Crippen LogP contribution >= 0.6 is 0 Å². The highest BCUT2D eigenvalue weighted by molar-refractivity contribution is 5.19. The first kappa shape index (κ1) is 12.8. The Morgan fingerprint density at radius 3 is 2.00 bits per heavy atom. The van der Waals surface area contributed by atoms with E-state index in [-0.39, 0.29) is 0 Å². The third-order valence-electron chi connectivity index (χ3n) is 3.22. The monoisotopic (exact) mass is 239 g/mol. The van der Waals surface area contributed by atoms with Crippen LogP contribution in [0.15, 0.2) is 60.7 Å². The first-order valence-corrected chi connectivity index (χ1v) is 6.60. The van der Waals surface area contributed by atoms with Gasteiger partial charge in [-0.3, -0.25) is 0 Å². The largest absolute Gasteiger partial charge is 0.307 e. The van der Waals surface area contributed by atoms with Crippen LogP contribution in [0.4, 0.5) is 0 Å². The van der Waals surface area contributed by atoms with Gasteiger partial charge < -0.3 is 5.32 Å². The van der Waals surface area contributed by atoms with Gasteiger partial charge in [-0.25, -0.2) is 0 Å². The van der Waals surface area contributed by atoms with Crippen LogP contribution in [0.2, 0.25) is 0 Å². The highest BCUT2D eigenvalue weighted by Crippen LogP contribution is 2.13. The predicted molar refractivity (Wildman–Crippen MR) is 77.6 cm³/mol. The van der Waals surface area contributed by atoms with Crippen LogP contribution in [0.1, 0.15) is 31.0 Å². The molecule has 1 nitrogen and oxygen atoms in total. The van der Waals surface area contributed by atoms with Gasteiger partial charge in [0.2, 0.25) is 0 Å². The van der Waals surface area contributed by atoms with Crippen molar-refractivity contribution in [2.45, 2.75) is 32.4 Å². The minimum absolute atomic E-state index is 0.393. The van der Waals surface area contributed by atoms with Gasteiger partial charge in [0, 0.05) is 12.1 Å². The van der Waals surface area contributed by atoms with Crippen molar-refractivity contribution in [1.29, 1.82) is 0 Å². The molecule has 0 spiro atoms. The summed E-state index contributed by atoms with van der Waals surface area (Å²) in [4.78, 5) is 0. The molecule has 2 aromatic rings. The zero-order valence-electron chi connectivity index (χ0n) is 11.1.